The highest BCUT2D eigenvalue weighted by Crippen LogP contribution is 2.34. The number of benzene rings is 1. The van der Waals surface area contributed by atoms with E-state index in [1.165, 1.54) is 0 Å². The Balaban J connectivity index is 3.01. The predicted molar refractivity (Wildman–Crippen MR) is 60.9 cm³/mol. The van der Waals surface area contributed by atoms with Crippen LogP contribution in [0.1, 0.15) is 5.56 Å². The van der Waals surface area contributed by atoms with Crippen LogP contribution in [-0.4, -0.2) is 4.98 Å². The summed E-state index contributed by atoms with van der Waals surface area (Å²) in [6.07, 6.45) is 1.55. The molecule has 14 heavy (non-hydrogen) atoms. The Labute approximate surface area is 91.6 Å². The molecule has 0 bridgehead atoms. The summed E-state index contributed by atoms with van der Waals surface area (Å²) in [4.78, 5) is 4.21. The summed E-state index contributed by atoms with van der Waals surface area (Å²) in [5.41, 5.74) is 7.94. The average molecular weight is 227 g/mol. The van der Waals surface area contributed by atoms with Crippen molar-refractivity contribution in [1.29, 1.82) is 0 Å². The first kappa shape index (κ1) is 9.56. The van der Waals surface area contributed by atoms with Gasteiger partial charge in [-0.15, -0.1) is 0 Å². The standard InChI is InChI=1S/C10H8Cl2N2/c1-5-2-3-6(11)8-9(12)7(13)4-14-10(5)8/h2-4H,13H2,1H3. The molecule has 2 nitrogen and oxygen atoms in total. The van der Waals surface area contributed by atoms with Crippen LogP contribution in [0.25, 0.3) is 10.9 Å². The lowest BCUT2D eigenvalue weighted by Crippen LogP contribution is -1.92. The molecule has 1 aromatic heterocycles. The van der Waals surface area contributed by atoms with Gasteiger partial charge in [0.05, 0.1) is 27.4 Å². The molecule has 0 radical (unpaired) electrons. The molecular weight excluding hydrogens is 219 g/mol. The number of hydrogen-bond donors (Lipinski definition) is 1. The molecule has 0 saturated carbocycles. The van der Waals surface area contributed by atoms with Crippen LogP contribution in [0.2, 0.25) is 10.0 Å². The number of hydrogen-bond acceptors (Lipinski definition) is 2. The highest BCUT2D eigenvalue weighted by molar-refractivity contribution is 6.43. The maximum Gasteiger partial charge on any atom is 0.0762 e. The van der Waals surface area contributed by atoms with Gasteiger partial charge in [0.25, 0.3) is 0 Å². The Morgan fingerprint density at radius 1 is 1.29 bits per heavy atom. The highest BCUT2D eigenvalue weighted by Gasteiger charge is 2.09. The van der Waals surface area contributed by atoms with Gasteiger partial charge in [0.1, 0.15) is 0 Å². The van der Waals surface area contributed by atoms with Gasteiger partial charge in [-0.25, -0.2) is 0 Å². The van der Waals surface area contributed by atoms with Crippen LogP contribution in [0, 0.1) is 6.92 Å². The second kappa shape index (κ2) is 3.30. The number of nitrogens with two attached hydrogens (primary N) is 1. The summed E-state index contributed by atoms with van der Waals surface area (Å²) < 4.78 is 0. The van der Waals surface area contributed by atoms with Crippen LogP contribution in [0.15, 0.2) is 18.3 Å². The molecule has 2 aromatic rings. The fourth-order valence-corrected chi connectivity index (χ4v) is 1.92. The first-order chi connectivity index (χ1) is 6.61. The zero-order valence-electron chi connectivity index (χ0n) is 7.51. The van der Waals surface area contributed by atoms with E-state index < -0.39 is 0 Å². The molecule has 4 heteroatoms. The third kappa shape index (κ3) is 1.31. The molecule has 0 saturated heterocycles. The second-order valence-electron chi connectivity index (χ2n) is 3.12. The maximum atomic E-state index is 6.05. The van der Waals surface area contributed by atoms with Crippen molar-refractivity contribution in [2.45, 2.75) is 6.92 Å². The van der Waals surface area contributed by atoms with Crippen molar-refractivity contribution in [2.24, 2.45) is 0 Å². The Hall–Kier alpha value is -0.990. The van der Waals surface area contributed by atoms with E-state index in [4.69, 9.17) is 28.9 Å². The highest BCUT2D eigenvalue weighted by atomic mass is 35.5. The number of nitrogen functional groups attached to an aromatic ring is 1. The number of fused-ring (bicyclic) bond motifs is 1. The first-order valence-corrected chi connectivity index (χ1v) is 4.85. The summed E-state index contributed by atoms with van der Waals surface area (Å²) in [5, 5.41) is 1.78. The maximum absolute atomic E-state index is 6.05. The quantitative estimate of drug-likeness (QED) is 0.748. The fraction of sp³-hybridized carbons (Fsp3) is 0.100. The number of aromatic nitrogens is 1. The lowest BCUT2D eigenvalue weighted by atomic mass is 10.1. The predicted octanol–water partition coefficient (Wildman–Crippen LogP) is 3.43. The third-order valence-corrected chi connectivity index (χ3v) is 2.86. The number of halogens is 2. The van der Waals surface area contributed by atoms with Crippen LogP contribution < -0.4 is 5.73 Å². The van der Waals surface area contributed by atoms with Crippen molar-refractivity contribution in [1.82, 2.24) is 4.98 Å². The number of aryl methyl sites for hydroxylation is 1. The number of rotatable bonds is 0. The fourth-order valence-electron chi connectivity index (χ4n) is 1.38. The van der Waals surface area contributed by atoms with Gasteiger partial charge < -0.3 is 5.73 Å². The van der Waals surface area contributed by atoms with Gasteiger partial charge in [-0.3, -0.25) is 4.98 Å². The van der Waals surface area contributed by atoms with Gasteiger partial charge in [0.15, 0.2) is 0 Å². The topological polar surface area (TPSA) is 38.9 Å². The zero-order valence-corrected chi connectivity index (χ0v) is 9.02. The minimum atomic E-state index is 0.451. The van der Waals surface area contributed by atoms with Crippen molar-refractivity contribution in [3.05, 3.63) is 33.9 Å². The summed E-state index contributed by atoms with van der Waals surface area (Å²) in [6, 6.07) is 3.70. The second-order valence-corrected chi connectivity index (χ2v) is 3.90. The minimum Gasteiger partial charge on any atom is -0.396 e. The lowest BCUT2D eigenvalue weighted by molar-refractivity contribution is 1.37. The molecule has 1 heterocycles. The summed E-state index contributed by atoms with van der Waals surface area (Å²) in [7, 11) is 0. The van der Waals surface area contributed by atoms with E-state index in [2.05, 4.69) is 4.98 Å². The SMILES string of the molecule is Cc1ccc(Cl)c2c(Cl)c(N)cnc12. The molecule has 0 aliphatic rings. The first-order valence-electron chi connectivity index (χ1n) is 4.10. The van der Waals surface area contributed by atoms with Crippen molar-refractivity contribution < 1.29 is 0 Å². The molecule has 0 atom stereocenters. The molecule has 2 rings (SSSR count). The summed E-state index contributed by atoms with van der Waals surface area (Å²) in [6.45, 7) is 1.96. The van der Waals surface area contributed by atoms with Crippen LogP contribution in [0.3, 0.4) is 0 Å². The van der Waals surface area contributed by atoms with E-state index >= 15 is 0 Å². The largest absolute Gasteiger partial charge is 0.396 e. The number of nitrogens with zero attached hydrogens (tertiary/aromatic N) is 1. The molecule has 2 N–H and O–H groups in total. The molecular formula is C10H8Cl2N2. The molecule has 0 spiro atoms. The van der Waals surface area contributed by atoms with Gasteiger partial charge in [-0.1, -0.05) is 29.3 Å². The van der Waals surface area contributed by atoms with E-state index in [1.54, 1.807) is 12.3 Å². The van der Waals surface area contributed by atoms with Crippen molar-refractivity contribution >= 4 is 39.8 Å². The van der Waals surface area contributed by atoms with Crippen LogP contribution >= 0.6 is 23.2 Å². The smallest absolute Gasteiger partial charge is 0.0762 e. The molecule has 0 aliphatic carbocycles. The van der Waals surface area contributed by atoms with E-state index in [0.717, 1.165) is 16.5 Å². The lowest BCUT2D eigenvalue weighted by Gasteiger charge is -2.06. The third-order valence-electron chi connectivity index (χ3n) is 2.13. The molecule has 0 amide bonds. The van der Waals surface area contributed by atoms with E-state index in [0.29, 0.717) is 15.7 Å². The van der Waals surface area contributed by atoms with E-state index in [9.17, 15) is 0 Å². The molecule has 0 fully saturated rings. The molecule has 0 unspecified atom stereocenters. The van der Waals surface area contributed by atoms with Crippen molar-refractivity contribution in [3.63, 3.8) is 0 Å². The average Bonchev–Trinajstić information content (AvgIpc) is 2.16. The normalized spacial score (nSPS) is 10.8. The monoisotopic (exact) mass is 226 g/mol. The Kier molecular flexibility index (Phi) is 2.25. The van der Waals surface area contributed by atoms with Gasteiger partial charge in [0.2, 0.25) is 0 Å². The Morgan fingerprint density at radius 3 is 2.71 bits per heavy atom. The molecule has 72 valence electrons. The number of anilines is 1. The Morgan fingerprint density at radius 2 is 2.00 bits per heavy atom. The molecule has 0 aliphatic heterocycles. The van der Waals surface area contributed by atoms with Gasteiger partial charge in [-0.2, -0.15) is 0 Å². The van der Waals surface area contributed by atoms with Crippen LogP contribution in [-0.2, 0) is 0 Å². The minimum absolute atomic E-state index is 0.451. The van der Waals surface area contributed by atoms with Crippen LogP contribution in [0.4, 0.5) is 5.69 Å². The van der Waals surface area contributed by atoms with Crippen molar-refractivity contribution in [3.8, 4) is 0 Å². The van der Waals surface area contributed by atoms with E-state index in [-0.39, 0.29) is 0 Å². The summed E-state index contributed by atoms with van der Waals surface area (Å²) in [5.74, 6) is 0. The van der Waals surface area contributed by atoms with Gasteiger partial charge in [-0.05, 0) is 18.6 Å². The van der Waals surface area contributed by atoms with Crippen molar-refractivity contribution in [2.75, 3.05) is 5.73 Å². The van der Waals surface area contributed by atoms with Gasteiger partial charge in [0, 0.05) is 5.39 Å². The van der Waals surface area contributed by atoms with E-state index in [1.807, 2.05) is 13.0 Å². The Bertz CT molecular complexity index is 509. The van der Waals surface area contributed by atoms with Gasteiger partial charge >= 0.3 is 0 Å². The van der Waals surface area contributed by atoms with Crippen LogP contribution in [0.5, 0.6) is 0 Å². The number of pyridine rings is 1. The zero-order chi connectivity index (χ0) is 10.3. The molecule has 1 aromatic carbocycles. The summed E-state index contributed by atoms with van der Waals surface area (Å²) >= 11 is 12.1.